The summed E-state index contributed by atoms with van der Waals surface area (Å²) >= 11 is 0. The second-order valence-corrected chi connectivity index (χ2v) is 4.76. The number of hydrogen-bond donors (Lipinski definition) is 2. The van der Waals surface area contributed by atoms with E-state index in [9.17, 15) is 0 Å². The minimum atomic E-state index is 0.117. The first-order valence-electron chi connectivity index (χ1n) is 6.89. The molecule has 0 aliphatic rings. The fourth-order valence-electron chi connectivity index (χ4n) is 2.07. The first-order valence-corrected chi connectivity index (χ1v) is 6.89. The summed E-state index contributed by atoms with van der Waals surface area (Å²) < 4.78 is 5.73. The molecule has 0 unspecified atom stereocenters. The lowest BCUT2D eigenvalue weighted by molar-refractivity contribution is 0.306. The van der Waals surface area contributed by atoms with Crippen LogP contribution in [0.5, 0.6) is 5.75 Å². The van der Waals surface area contributed by atoms with Gasteiger partial charge in [-0.25, -0.2) is 0 Å². The van der Waals surface area contributed by atoms with E-state index < -0.39 is 0 Å². The van der Waals surface area contributed by atoms with Gasteiger partial charge < -0.3 is 15.7 Å². The zero-order valence-corrected chi connectivity index (χ0v) is 11.7. The fourth-order valence-corrected chi connectivity index (χ4v) is 2.07. The van der Waals surface area contributed by atoms with E-state index in [0.29, 0.717) is 5.56 Å². The number of fused-ring (bicyclic) bond motifs is 1. The molecule has 0 bridgehead atoms. The Bertz CT molecular complexity index is 608. The lowest BCUT2D eigenvalue weighted by Gasteiger charge is -2.08. The van der Waals surface area contributed by atoms with Crippen molar-refractivity contribution in [2.24, 2.45) is 10.9 Å². The summed E-state index contributed by atoms with van der Waals surface area (Å²) in [5.41, 5.74) is 6.29. The standard InChI is InChI=1S/C16H20N2O2/c1-2-3-4-9-20-15-8-7-12-10-14(16(17)18-19)6-5-13(12)11-15/h5-8,10-11,19H,2-4,9H2,1H3,(H2,17,18). The molecule has 0 saturated heterocycles. The van der Waals surface area contributed by atoms with Gasteiger partial charge in [0.25, 0.3) is 0 Å². The lowest BCUT2D eigenvalue weighted by Crippen LogP contribution is -2.12. The summed E-state index contributed by atoms with van der Waals surface area (Å²) in [5, 5.41) is 13.8. The van der Waals surface area contributed by atoms with Crippen molar-refractivity contribution in [3.8, 4) is 5.75 Å². The van der Waals surface area contributed by atoms with Gasteiger partial charge in [0.1, 0.15) is 5.75 Å². The van der Waals surface area contributed by atoms with Gasteiger partial charge in [-0.3, -0.25) is 0 Å². The molecule has 0 amide bonds. The summed E-state index contributed by atoms with van der Waals surface area (Å²) in [7, 11) is 0. The van der Waals surface area contributed by atoms with E-state index >= 15 is 0 Å². The number of benzene rings is 2. The Morgan fingerprint density at radius 3 is 2.65 bits per heavy atom. The molecule has 2 rings (SSSR count). The molecule has 0 saturated carbocycles. The highest BCUT2D eigenvalue weighted by atomic mass is 16.5. The predicted molar refractivity (Wildman–Crippen MR) is 81.5 cm³/mol. The van der Waals surface area contributed by atoms with Crippen LogP contribution in [0.25, 0.3) is 10.8 Å². The van der Waals surface area contributed by atoms with Crippen LogP contribution in [-0.4, -0.2) is 17.6 Å². The highest BCUT2D eigenvalue weighted by Gasteiger charge is 2.02. The third-order valence-electron chi connectivity index (χ3n) is 3.23. The van der Waals surface area contributed by atoms with E-state index in [4.69, 9.17) is 15.7 Å². The molecule has 0 atom stereocenters. The summed E-state index contributed by atoms with van der Waals surface area (Å²) in [6.45, 7) is 2.93. The molecule has 0 aliphatic heterocycles. The number of oxime groups is 1. The van der Waals surface area contributed by atoms with Gasteiger partial charge in [0.15, 0.2) is 5.84 Å². The average Bonchev–Trinajstić information content (AvgIpc) is 2.50. The Balaban J connectivity index is 2.14. The molecular formula is C16H20N2O2. The maximum atomic E-state index is 8.69. The smallest absolute Gasteiger partial charge is 0.170 e. The van der Waals surface area contributed by atoms with Crippen LogP contribution in [0.15, 0.2) is 41.6 Å². The quantitative estimate of drug-likeness (QED) is 0.278. The van der Waals surface area contributed by atoms with Crippen molar-refractivity contribution in [2.45, 2.75) is 26.2 Å². The largest absolute Gasteiger partial charge is 0.494 e. The van der Waals surface area contributed by atoms with Crippen molar-refractivity contribution in [3.63, 3.8) is 0 Å². The normalized spacial score (nSPS) is 11.8. The number of rotatable bonds is 6. The summed E-state index contributed by atoms with van der Waals surface area (Å²) in [6.07, 6.45) is 3.46. The van der Waals surface area contributed by atoms with Crippen LogP contribution in [0.1, 0.15) is 31.7 Å². The molecule has 0 heterocycles. The van der Waals surface area contributed by atoms with E-state index in [1.807, 2.05) is 36.4 Å². The highest BCUT2D eigenvalue weighted by Crippen LogP contribution is 2.22. The van der Waals surface area contributed by atoms with Crippen LogP contribution in [0.3, 0.4) is 0 Å². The third kappa shape index (κ3) is 3.41. The van der Waals surface area contributed by atoms with Crippen LogP contribution in [0, 0.1) is 0 Å². The topological polar surface area (TPSA) is 67.8 Å². The van der Waals surface area contributed by atoms with E-state index in [0.717, 1.165) is 29.5 Å². The molecule has 4 nitrogen and oxygen atoms in total. The summed E-state index contributed by atoms with van der Waals surface area (Å²) in [6, 6.07) is 11.6. The van der Waals surface area contributed by atoms with Crippen LogP contribution < -0.4 is 10.5 Å². The van der Waals surface area contributed by atoms with Gasteiger partial charge in [0.2, 0.25) is 0 Å². The van der Waals surface area contributed by atoms with Gasteiger partial charge in [-0.05, 0) is 35.4 Å². The first kappa shape index (κ1) is 14.2. The van der Waals surface area contributed by atoms with Crippen molar-refractivity contribution in [1.82, 2.24) is 0 Å². The molecule has 0 spiro atoms. The van der Waals surface area contributed by atoms with E-state index in [-0.39, 0.29) is 5.84 Å². The van der Waals surface area contributed by atoms with Crippen molar-refractivity contribution in [3.05, 3.63) is 42.0 Å². The zero-order valence-electron chi connectivity index (χ0n) is 11.7. The fraction of sp³-hybridized carbons (Fsp3) is 0.312. The van der Waals surface area contributed by atoms with E-state index in [2.05, 4.69) is 12.1 Å². The zero-order chi connectivity index (χ0) is 14.4. The highest BCUT2D eigenvalue weighted by molar-refractivity contribution is 6.00. The van der Waals surface area contributed by atoms with Crippen LogP contribution in [0.4, 0.5) is 0 Å². The molecule has 2 aromatic rings. The second-order valence-electron chi connectivity index (χ2n) is 4.76. The molecule has 0 fully saturated rings. The molecule has 3 N–H and O–H groups in total. The number of unbranched alkanes of at least 4 members (excludes halogenated alkanes) is 2. The second kappa shape index (κ2) is 6.80. The van der Waals surface area contributed by atoms with Crippen molar-refractivity contribution >= 4 is 16.6 Å². The lowest BCUT2D eigenvalue weighted by atomic mass is 10.1. The van der Waals surface area contributed by atoms with Crippen molar-refractivity contribution in [1.29, 1.82) is 0 Å². The van der Waals surface area contributed by atoms with Gasteiger partial charge in [-0.1, -0.05) is 43.1 Å². The predicted octanol–water partition coefficient (Wildman–Crippen LogP) is 3.50. The van der Waals surface area contributed by atoms with E-state index in [1.54, 1.807) is 0 Å². The van der Waals surface area contributed by atoms with Crippen LogP contribution in [-0.2, 0) is 0 Å². The molecule has 4 heteroatoms. The Hall–Kier alpha value is -2.23. The number of amidine groups is 1. The Morgan fingerprint density at radius 1 is 1.15 bits per heavy atom. The van der Waals surface area contributed by atoms with E-state index in [1.165, 1.54) is 12.8 Å². The SMILES string of the molecule is CCCCCOc1ccc2cc(/C(N)=N/O)ccc2c1. The van der Waals surface area contributed by atoms with Crippen molar-refractivity contribution in [2.75, 3.05) is 6.61 Å². The molecule has 0 aliphatic carbocycles. The van der Waals surface area contributed by atoms with Crippen molar-refractivity contribution < 1.29 is 9.94 Å². The maximum absolute atomic E-state index is 8.69. The molecule has 0 aromatic heterocycles. The monoisotopic (exact) mass is 272 g/mol. The molecule has 20 heavy (non-hydrogen) atoms. The minimum absolute atomic E-state index is 0.117. The Morgan fingerprint density at radius 2 is 1.90 bits per heavy atom. The van der Waals surface area contributed by atoms with Gasteiger partial charge in [0, 0.05) is 5.56 Å². The molecular weight excluding hydrogens is 252 g/mol. The Labute approximate surface area is 118 Å². The molecule has 0 radical (unpaired) electrons. The maximum Gasteiger partial charge on any atom is 0.170 e. The van der Waals surface area contributed by atoms with Gasteiger partial charge >= 0.3 is 0 Å². The number of hydrogen-bond acceptors (Lipinski definition) is 3. The molecule has 2 aromatic carbocycles. The van der Waals surface area contributed by atoms with Gasteiger partial charge in [0.05, 0.1) is 6.61 Å². The average molecular weight is 272 g/mol. The first-order chi connectivity index (χ1) is 9.74. The Kier molecular flexibility index (Phi) is 4.82. The van der Waals surface area contributed by atoms with Gasteiger partial charge in [-0.15, -0.1) is 0 Å². The number of nitrogens with two attached hydrogens (primary N) is 1. The summed E-state index contributed by atoms with van der Waals surface area (Å²) in [4.78, 5) is 0. The minimum Gasteiger partial charge on any atom is -0.494 e. The van der Waals surface area contributed by atoms with Crippen LogP contribution >= 0.6 is 0 Å². The number of nitrogens with zero attached hydrogens (tertiary/aromatic N) is 1. The number of ether oxygens (including phenoxy) is 1. The third-order valence-corrected chi connectivity index (χ3v) is 3.23. The van der Waals surface area contributed by atoms with Gasteiger partial charge in [-0.2, -0.15) is 0 Å². The van der Waals surface area contributed by atoms with Crippen LogP contribution in [0.2, 0.25) is 0 Å². The summed E-state index contributed by atoms with van der Waals surface area (Å²) in [5.74, 6) is 0.997. The molecule has 106 valence electrons.